The van der Waals surface area contributed by atoms with Crippen LogP contribution in [0, 0.1) is 0 Å². The highest BCUT2D eigenvalue weighted by atomic mass is 79.9. The number of esters is 1. The number of methoxy groups -OCH3 is 1. The Balaban J connectivity index is 1.89. The van der Waals surface area contributed by atoms with Crippen LogP contribution in [0.25, 0.3) is 10.6 Å². The summed E-state index contributed by atoms with van der Waals surface area (Å²) in [6.45, 7) is 0.524. The molecule has 1 aromatic heterocycles. The summed E-state index contributed by atoms with van der Waals surface area (Å²) in [5.74, 6) is -0.264. The quantitative estimate of drug-likeness (QED) is 0.655. The van der Waals surface area contributed by atoms with Crippen molar-refractivity contribution in [3.63, 3.8) is 0 Å². The van der Waals surface area contributed by atoms with Gasteiger partial charge in [-0.1, -0.05) is 28.1 Å². The van der Waals surface area contributed by atoms with Gasteiger partial charge in [0.05, 0.1) is 19.2 Å². The largest absolute Gasteiger partial charge is 0.469 e. The lowest BCUT2D eigenvalue weighted by Gasteiger charge is -2.16. The van der Waals surface area contributed by atoms with E-state index in [1.54, 1.807) is 11.9 Å². The third kappa shape index (κ3) is 5.42. The maximum Gasteiger partial charge on any atom is 0.305 e. The highest BCUT2D eigenvalue weighted by Crippen LogP contribution is 2.26. The van der Waals surface area contributed by atoms with Crippen LogP contribution in [0.3, 0.4) is 0 Å². The first-order chi connectivity index (χ1) is 11.5. The van der Waals surface area contributed by atoms with E-state index in [0.29, 0.717) is 19.4 Å². The maximum atomic E-state index is 12.2. The van der Waals surface area contributed by atoms with E-state index in [9.17, 15) is 9.59 Å². The van der Waals surface area contributed by atoms with Crippen LogP contribution in [0.4, 0.5) is 0 Å². The molecule has 0 bridgehead atoms. The van der Waals surface area contributed by atoms with Crippen LogP contribution in [0.15, 0.2) is 34.1 Å². The second kappa shape index (κ2) is 8.94. The van der Waals surface area contributed by atoms with Gasteiger partial charge in [0.1, 0.15) is 5.01 Å². The number of rotatable bonds is 7. The molecular formula is C17H19BrN2O3S. The van der Waals surface area contributed by atoms with Crippen LogP contribution in [0.2, 0.25) is 0 Å². The molecule has 0 atom stereocenters. The molecule has 1 heterocycles. The van der Waals surface area contributed by atoms with Crippen molar-refractivity contribution < 1.29 is 14.3 Å². The number of thiazole rings is 1. The summed E-state index contributed by atoms with van der Waals surface area (Å²) in [5, 5.41) is 2.81. The minimum absolute atomic E-state index is 0.00837. The van der Waals surface area contributed by atoms with E-state index in [4.69, 9.17) is 0 Å². The molecule has 0 unspecified atom stereocenters. The van der Waals surface area contributed by atoms with Crippen molar-refractivity contribution >= 4 is 39.1 Å². The monoisotopic (exact) mass is 410 g/mol. The molecule has 128 valence electrons. The number of amides is 1. The zero-order valence-electron chi connectivity index (χ0n) is 13.6. The van der Waals surface area contributed by atoms with Gasteiger partial charge in [-0.15, -0.1) is 11.3 Å². The topological polar surface area (TPSA) is 59.5 Å². The van der Waals surface area contributed by atoms with Crippen LogP contribution in [-0.2, 0) is 20.7 Å². The molecule has 7 heteroatoms. The van der Waals surface area contributed by atoms with Gasteiger partial charge < -0.3 is 9.64 Å². The van der Waals surface area contributed by atoms with Crippen molar-refractivity contribution in [2.75, 3.05) is 20.7 Å². The summed E-state index contributed by atoms with van der Waals surface area (Å²) < 4.78 is 5.59. The normalized spacial score (nSPS) is 10.5. The fourth-order valence-electron chi connectivity index (χ4n) is 2.12. The Morgan fingerprint density at radius 2 is 2.17 bits per heavy atom. The predicted octanol–water partition coefficient (Wildman–Crippen LogP) is 3.53. The van der Waals surface area contributed by atoms with E-state index >= 15 is 0 Å². The van der Waals surface area contributed by atoms with Crippen LogP contribution < -0.4 is 0 Å². The number of nitrogens with zero attached hydrogens (tertiary/aromatic N) is 2. The lowest BCUT2D eigenvalue weighted by atomic mass is 10.2. The Hall–Kier alpha value is -1.73. The van der Waals surface area contributed by atoms with Crippen molar-refractivity contribution in [2.45, 2.75) is 19.3 Å². The molecule has 24 heavy (non-hydrogen) atoms. The van der Waals surface area contributed by atoms with Gasteiger partial charge in [0, 0.05) is 35.4 Å². The van der Waals surface area contributed by atoms with Crippen molar-refractivity contribution in [1.29, 1.82) is 0 Å². The van der Waals surface area contributed by atoms with E-state index in [1.807, 2.05) is 29.6 Å². The molecule has 2 rings (SSSR count). The molecule has 1 aromatic carbocycles. The molecule has 0 N–H and O–H groups in total. The third-order valence-electron chi connectivity index (χ3n) is 3.48. The summed E-state index contributed by atoms with van der Waals surface area (Å²) in [4.78, 5) is 29.5. The zero-order chi connectivity index (χ0) is 17.5. The molecule has 0 saturated heterocycles. The molecular weight excluding hydrogens is 392 g/mol. The van der Waals surface area contributed by atoms with Gasteiger partial charge in [-0.25, -0.2) is 4.98 Å². The highest BCUT2D eigenvalue weighted by molar-refractivity contribution is 9.10. The lowest BCUT2D eigenvalue weighted by molar-refractivity contribution is -0.141. The van der Waals surface area contributed by atoms with Crippen LogP contribution >= 0.6 is 27.3 Å². The molecule has 0 aliphatic rings. The third-order valence-corrected chi connectivity index (χ3v) is 4.92. The SMILES string of the molecule is COC(=O)CCCN(C)C(=O)Cc1csc(-c2cccc(Br)c2)n1. The Kier molecular flexibility index (Phi) is 6.93. The predicted molar refractivity (Wildman–Crippen MR) is 97.8 cm³/mol. The Morgan fingerprint density at radius 3 is 2.88 bits per heavy atom. The number of hydrogen-bond donors (Lipinski definition) is 0. The molecule has 0 aliphatic carbocycles. The van der Waals surface area contributed by atoms with Crippen molar-refractivity contribution in [1.82, 2.24) is 9.88 Å². The van der Waals surface area contributed by atoms with Gasteiger partial charge in [-0.2, -0.15) is 0 Å². The summed E-state index contributed by atoms with van der Waals surface area (Å²) in [7, 11) is 3.10. The summed E-state index contributed by atoms with van der Waals surface area (Å²) in [5.41, 5.74) is 1.79. The number of halogens is 1. The van der Waals surface area contributed by atoms with Crippen LogP contribution in [-0.4, -0.2) is 42.5 Å². The number of carbonyl (C=O) groups excluding carboxylic acids is 2. The number of ether oxygens (including phenoxy) is 1. The number of aromatic nitrogens is 1. The van der Waals surface area contributed by atoms with Gasteiger partial charge in [-0.05, 0) is 18.6 Å². The molecule has 0 fully saturated rings. The molecule has 0 aliphatic heterocycles. The molecule has 1 amide bonds. The molecule has 0 spiro atoms. The fourth-order valence-corrected chi connectivity index (χ4v) is 3.34. The molecule has 0 saturated carbocycles. The summed E-state index contributed by atoms with van der Waals surface area (Å²) in [6.07, 6.45) is 1.17. The number of carbonyl (C=O) groups is 2. The van der Waals surface area contributed by atoms with E-state index < -0.39 is 0 Å². The Morgan fingerprint density at radius 1 is 1.38 bits per heavy atom. The Labute approximate surface area is 153 Å². The average Bonchev–Trinajstić information content (AvgIpc) is 3.03. The second-order valence-electron chi connectivity index (χ2n) is 5.33. The van der Waals surface area contributed by atoms with Crippen molar-refractivity contribution in [3.05, 3.63) is 39.8 Å². The van der Waals surface area contributed by atoms with E-state index in [2.05, 4.69) is 25.7 Å². The van der Waals surface area contributed by atoms with Gasteiger partial charge in [0.15, 0.2) is 0 Å². The average molecular weight is 411 g/mol. The van der Waals surface area contributed by atoms with Gasteiger partial charge in [0.25, 0.3) is 0 Å². The second-order valence-corrected chi connectivity index (χ2v) is 7.10. The summed E-state index contributed by atoms with van der Waals surface area (Å²) in [6, 6.07) is 7.92. The minimum atomic E-state index is -0.256. The fraction of sp³-hybridized carbons (Fsp3) is 0.353. The molecule has 5 nitrogen and oxygen atoms in total. The Bertz CT molecular complexity index is 717. The number of benzene rings is 1. The van der Waals surface area contributed by atoms with E-state index in [1.165, 1.54) is 18.4 Å². The summed E-state index contributed by atoms with van der Waals surface area (Å²) >= 11 is 4.97. The first-order valence-corrected chi connectivity index (χ1v) is 9.18. The first kappa shape index (κ1) is 18.6. The van der Waals surface area contributed by atoms with Gasteiger partial charge in [-0.3, -0.25) is 9.59 Å². The standard InChI is InChI=1S/C17H19BrN2O3S/c1-20(8-4-7-16(22)23-2)15(21)10-14-11-24-17(19-14)12-5-3-6-13(18)9-12/h3,5-6,9,11H,4,7-8,10H2,1-2H3. The van der Waals surface area contributed by atoms with Crippen molar-refractivity contribution in [2.24, 2.45) is 0 Å². The van der Waals surface area contributed by atoms with Gasteiger partial charge >= 0.3 is 5.97 Å². The smallest absolute Gasteiger partial charge is 0.305 e. The van der Waals surface area contributed by atoms with Crippen LogP contribution in [0.5, 0.6) is 0 Å². The van der Waals surface area contributed by atoms with E-state index in [0.717, 1.165) is 20.7 Å². The minimum Gasteiger partial charge on any atom is -0.469 e. The lowest BCUT2D eigenvalue weighted by Crippen LogP contribution is -2.29. The van der Waals surface area contributed by atoms with Crippen molar-refractivity contribution in [3.8, 4) is 10.6 Å². The molecule has 0 radical (unpaired) electrons. The zero-order valence-corrected chi connectivity index (χ0v) is 16.0. The highest BCUT2D eigenvalue weighted by Gasteiger charge is 2.13. The maximum absolute atomic E-state index is 12.2. The van der Waals surface area contributed by atoms with Gasteiger partial charge in [0.2, 0.25) is 5.91 Å². The number of likely N-dealkylation sites (N-methyl/N-ethyl adjacent to an activating group) is 1. The van der Waals surface area contributed by atoms with Crippen LogP contribution in [0.1, 0.15) is 18.5 Å². The molecule has 2 aromatic rings. The first-order valence-electron chi connectivity index (χ1n) is 7.50. The van der Waals surface area contributed by atoms with E-state index in [-0.39, 0.29) is 18.3 Å². The number of hydrogen-bond acceptors (Lipinski definition) is 5.